The molecule has 8 heteroatoms. The van der Waals surface area contributed by atoms with E-state index in [1.165, 1.54) is 0 Å². The van der Waals surface area contributed by atoms with Gasteiger partial charge < -0.3 is 15.2 Å². The highest BCUT2D eigenvalue weighted by molar-refractivity contribution is 5.98. The molecule has 1 atom stereocenters. The Morgan fingerprint density at radius 1 is 1.11 bits per heavy atom. The van der Waals surface area contributed by atoms with Crippen LogP contribution in [0.15, 0.2) is 66.9 Å². The van der Waals surface area contributed by atoms with Crippen LogP contribution in [0.4, 0.5) is 13.2 Å². The lowest BCUT2D eigenvalue weighted by Gasteiger charge is -2.18. The van der Waals surface area contributed by atoms with Crippen LogP contribution in [-0.2, 0) is 17.5 Å². The zero-order valence-corrected chi connectivity index (χ0v) is 19.1. The quantitative estimate of drug-likeness (QED) is 0.425. The van der Waals surface area contributed by atoms with Crippen molar-refractivity contribution in [3.8, 4) is 5.88 Å². The van der Waals surface area contributed by atoms with Gasteiger partial charge in [-0.3, -0.25) is 0 Å². The van der Waals surface area contributed by atoms with Crippen molar-refractivity contribution in [2.75, 3.05) is 6.61 Å². The summed E-state index contributed by atoms with van der Waals surface area (Å²) < 4.78 is 51.7. The number of pyridine rings is 1. The van der Waals surface area contributed by atoms with Gasteiger partial charge in [0.15, 0.2) is 0 Å². The van der Waals surface area contributed by atoms with Crippen LogP contribution >= 0.6 is 0 Å². The molecule has 5 nitrogen and oxygen atoms in total. The molecule has 0 amide bonds. The van der Waals surface area contributed by atoms with Gasteiger partial charge in [-0.1, -0.05) is 42.5 Å². The molecular formula is C27H25F3N2O3. The van der Waals surface area contributed by atoms with Gasteiger partial charge in [0.25, 0.3) is 0 Å². The normalized spacial score (nSPS) is 15.9. The summed E-state index contributed by atoms with van der Waals surface area (Å²) in [7, 11) is 0. The molecule has 0 spiro atoms. The number of alkyl halides is 3. The van der Waals surface area contributed by atoms with Gasteiger partial charge in [-0.2, -0.15) is 13.2 Å². The number of carbonyl (C=O) groups is 1. The average molecular weight is 483 g/mol. The number of esters is 1. The lowest BCUT2D eigenvalue weighted by Crippen LogP contribution is -2.19. The summed E-state index contributed by atoms with van der Waals surface area (Å²) in [5.41, 5.74) is 8.93. The molecule has 0 radical (unpaired) electrons. The summed E-state index contributed by atoms with van der Waals surface area (Å²) in [5, 5.41) is 0. The van der Waals surface area contributed by atoms with Crippen LogP contribution in [-0.4, -0.2) is 23.6 Å². The molecule has 1 aliphatic carbocycles. The van der Waals surface area contributed by atoms with E-state index in [0.717, 1.165) is 23.4 Å². The molecule has 0 saturated heterocycles. The second-order valence-electron chi connectivity index (χ2n) is 8.19. The molecule has 1 aliphatic rings. The molecule has 0 bridgehead atoms. The highest BCUT2D eigenvalue weighted by atomic mass is 19.4. The van der Waals surface area contributed by atoms with Gasteiger partial charge in [0.2, 0.25) is 5.88 Å². The lowest BCUT2D eigenvalue weighted by atomic mass is 9.94. The third-order valence-corrected chi connectivity index (χ3v) is 5.81. The van der Waals surface area contributed by atoms with E-state index in [4.69, 9.17) is 15.2 Å². The molecule has 3 aromatic rings. The Bertz CT molecular complexity index is 1240. The van der Waals surface area contributed by atoms with Crippen molar-refractivity contribution >= 4 is 17.1 Å². The number of aromatic nitrogens is 1. The van der Waals surface area contributed by atoms with Crippen LogP contribution in [0.5, 0.6) is 5.88 Å². The molecule has 182 valence electrons. The van der Waals surface area contributed by atoms with Gasteiger partial charge in [-0.05, 0) is 60.2 Å². The molecule has 2 aromatic carbocycles. The summed E-state index contributed by atoms with van der Waals surface area (Å²) in [6, 6.07) is 16.7. The lowest BCUT2D eigenvalue weighted by molar-refractivity contribution is -0.137. The third kappa shape index (κ3) is 5.54. The number of nitrogens with two attached hydrogens (primary N) is 1. The number of carbonyl (C=O) groups excluding carboxylic acids is 1. The highest BCUT2D eigenvalue weighted by Gasteiger charge is 2.34. The van der Waals surface area contributed by atoms with E-state index in [2.05, 4.69) is 4.98 Å². The minimum Gasteiger partial charge on any atom is -0.472 e. The molecule has 0 fully saturated rings. The average Bonchev–Trinajstić information content (AvgIpc) is 3.24. The van der Waals surface area contributed by atoms with E-state index in [1.54, 1.807) is 25.1 Å². The topological polar surface area (TPSA) is 74.4 Å². The van der Waals surface area contributed by atoms with Crippen molar-refractivity contribution in [1.29, 1.82) is 0 Å². The number of benzene rings is 2. The summed E-state index contributed by atoms with van der Waals surface area (Å²) >= 11 is 0. The second kappa shape index (κ2) is 10.3. The fourth-order valence-electron chi connectivity index (χ4n) is 4.15. The minimum atomic E-state index is -4.58. The maximum atomic E-state index is 13.6. The van der Waals surface area contributed by atoms with Crippen LogP contribution in [0.3, 0.4) is 0 Å². The number of nitrogens with zero attached hydrogens (tertiary/aromatic N) is 1. The Morgan fingerprint density at radius 2 is 1.89 bits per heavy atom. The summed E-state index contributed by atoms with van der Waals surface area (Å²) in [6.45, 7) is 2.10. The smallest absolute Gasteiger partial charge is 0.417 e. The Kier molecular flexibility index (Phi) is 7.21. The largest absolute Gasteiger partial charge is 0.472 e. The third-order valence-electron chi connectivity index (χ3n) is 5.81. The van der Waals surface area contributed by atoms with Crippen molar-refractivity contribution in [3.63, 3.8) is 0 Å². The molecule has 4 rings (SSSR count). The van der Waals surface area contributed by atoms with Crippen LogP contribution in [0, 0.1) is 0 Å². The molecule has 35 heavy (non-hydrogen) atoms. The fraction of sp³-hybridized carbons (Fsp3) is 0.259. The summed E-state index contributed by atoms with van der Waals surface area (Å²) in [4.78, 5) is 16.3. The Hall–Kier alpha value is -3.65. The Morgan fingerprint density at radius 3 is 2.60 bits per heavy atom. The number of ether oxygens (including phenoxy) is 2. The molecule has 1 unspecified atom stereocenters. The standard InChI is InChI=1S/C27H25F3N2O3/c1-2-34-26(33)19-10-6-9-18(13-19)21-11-12-23(31)24(21)22-14-20(27(28,29)30)15-32-25(22)35-16-17-7-4-3-5-8-17/h3-10,13-15,23H,2,11-12,16,31H2,1H3. The number of halogens is 3. The number of hydrogen-bond acceptors (Lipinski definition) is 5. The van der Waals surface area contributed by atoms with Gasteiger partial charge in [0.1, 0.15) is 6.61 Å². The predicted octanol–water partition coefficient (Wildman–Crippen LogP) is 5.89. The maximum Gasteiger partial charge on any atom is 0.417 e. The molecular weight excluding hydrogens is 457 g/mol. The van der Waals surface area contributed by atoms with Gasteiger partial charge in [0, 0.05) is 17.8 Å². The van der Waals surface area contributed by atoms with E-state index >= 15 is 0 Å². The molecule has 0 aliphatic heterocycles. The van der Waals surface area contributed by atoms with Crippen LogP contribution in [0.25, 0.3) is 11.1 Å². The predicted molar refractivity (Wildman–Crippen MR) is 126 cm³/mol. The summed E-state index contributed by atoms with van der Waals surface area (Å²) in [5.74, 6) is -0.389. The molecule has 1 heterocycles. The number of allylic oxidation sites excluding steroid dienone is 1. The Balaban J connectivity index is 1.81. The second-order valence-corrected chi connectivity index (χ2v) is 8.19. The number of hydrogen-bond donors (Lipinski definition) is 1. The first-order valence-corrected chi connectivity index (χ1v) is 11.3. The van der Waals surface area contributed by atoms with Crippen molar-refractivity contribution < 1.29 is 27.4 Å². The molecule has 1 aromatic heterocycles. The molecule has 2 N–H and O–H groups in total. The first-order valence-electron chi connectivity index (χ1n) is 11.3. The van der Waals surface area contributed by atoms with Crippen molar-refractivity contribution in [2.24, 2.45) is 5.73 Å². The SMILES string of the molecule is CCOC(=O)c1cccc(C2=C(c3cc(C(F)(F)F)cnc3OCc3ccccc3)C(N)CC2)c1. The zero-order chi connectivity index (χ0) is 25.0. The van der Waals surface area contributed by atoms with Crippen molar-refractivity contribution in [1.82, 2.24) is 4.98 Å². The van der Waals surface area contributed by atoms with E-state index in [0.29, 0.717) is 29.5 Å². The van der Waals surface area contributed by atoms with Gasteiger partial charge in [-0.25, -0.2) is 9.78 Å². The maximum absolute atomic E-state index is 13.6. The van der Waals surface area contributed by atoms with E-state index in [1.807, 2.05) is 36.4 Å². The van der Waals surface area contributed by atoms with E-state index in [9.17, 15) is 18.0 Å². The van der Waals surface area contributed by atoms with Gasteiger partial charge in [-0.15, -0.1) is 0 Å². The van der Waals surface area contributed by atoms with Gasteiger partial charge in [0.05, 0.1) is 17.7 Å². The first-order chi connectivity index (χ1) is 16.8. The van der Waals surface area contributed by atoms with Crippen molar-refractivity contribution in [3.05, 3.63) is 94.7 Å². The van der Waals surface area contributed by atoms with Crippen LogP contribution < -0.4 is 10.5 Å². The highest BCUT2D eigenvalue weighted by Crippen LogP contribution is 2.43. The van der Waals surface area contributed by atoms with Crippen LogP contribution in [0.1, 0.15) is 52.4 Å². The number of rotatable bonds is 7. The summed E-state index contributed by atoms with van der Waals surface area (Å²) in [6.07, 6.45) is -2.72. The molecule has 0 saturated carbocycles. The van der Waals surface area contributed by atoms with Crippen LogP contribution in [0.2, 0.25) is 0 Å². The minimum absolute atomic E-state index is 0.0771. The van der Waals surface area contributed by atoms with Gasteiger partial charge >= 0.3 is 12.1 Å². The van der Waals surface area contributed by atoms with E-state index < -0.39 is 23.8 Å². The first kappa shape index (κ1) is 24.5. The van der Waals surface area contributed by atoms with Crippen molar-refractivity contribution in [2.45, 2.75) is 38.6 Å². The van der Waals surface area contributed by atoms with E-state index in [-0.39, 0.29) is 24.7 Å². The Labute approximate surface area is 201 Å². The zero-order valence-electron chi connectivity index (χ0n) is 19.1. The monoisotopic (exact) mass is 482 g/mol. The fourth-order valence-corrected chi connectivity index (χ4v) is 4.15.